The van der Waals surface area contributed by atoms with Crippen LogP contribution in [-0.2, 0) is 0 Å². The molecule has 94 valence electrons. The van der Waals surface area contributed by atoms with Crippen LogP contribution >= 0.6 is 0 Å². The zero-order chi connectivity index (χ0) is 12.3. The second kappa shape index (κ2) is 5.52. The summed E-state index contributed by atoms with van der Waals surface area (Å²) < 4.78 is 0. The van der Waals surface area contributed by atoms with Crippen LogP contribution in [0.1, 0.15) is 12.0 Å². The number of benzene rings is 1. The highest BCUT2D eigenvalue weighted by atomic mass is 15.2. The molecule has 1 aromatic carbocycles. The second-order valence-corrected chi connectivity index (χ2v) is 5.01. The zero-order valence-electron chi connectivity index (χ0n) is 10.9. The van der Waals surface area contributed by atoms with E-state index in [1.165, 1.54) is 17.7 Å². The molecule has 1 unspecified atom stereocenters. The van der Waals surface area contributed by atoms with Crippen molar-refractivity contribution in [3.63, 3.8) is 0 Å². The summed E-state index contributed by atoms with van der Waals surface area (Å²) in [5.41, 5.74) is 8.52. The topological polar surface area (TPSA) is 32.5 Å². The van der Waals surface area contributed by atoms with Gasteiger partial charge in [0, 0.05) is 31.4 Å². The SMILES string of the molecule is Cc1cccc(N2CCCN(C)C(CN)C2)c1. The highest BCUT2D eigenvalue weighted by Crippen LogP contribution is 2.19. The van der Waals surface area contributed by atoms with Gasteiger partial charge in [0.05, 0.1) is 0 Å². The first-order valence-electron chi connectivity index (χ1n) is 6.42. The fraction of sp³-hybridized carbons (Fsp3) is 0.571. The fourth-order valence-corrected chi connectivity index (χ4v) is 2.49. The van der Waals surface area contributed by atoms with E-state index in [2.05, 4.69) is 48.0 Å². The summed E-state index contributed by atoms with van der Waals surface area (Å²) in [5.74, 6) is 0. The minimum absolute atomic E-state index is 0.470. The number of aryl methyl sites for hydroxylation is 1. The number of hydrogen-bond acceptors (Lipinski definition) is 3. The maximum atomic E-state index is 5.86. The van der Waals surface area contributed by atoms with E-state index in [-0.39, 0.29) is 0 Å². The molecule has 0 amide bonds. The second-order valence-electron chi connectivity index (χ2n) is 5.01. The van der Waals surface area contributed by atoms with Crippen molar-refractivity contribution in [2.75, 3.05) is 38.1 Å². The maximum absolute atomic E-state index is 5.86. The van der Waals surface area contributed by atoms with Crippen LogP contribution in [0, 0.1) is 6.92 Å². The van der Waals surface area contributed by atoms with E-state index < -0.39 is 0 Å². The minimum Gasteiger partial charge on any atom is -0.370 e. The molecule has 0 aromatic heterocycles. The van der Waals surface area contributed by atoms with Gasteiger partial charge >= 0.3 is 0 Å². The monoisotopic (exact) mass is 233 g/mol. The summed E-state index contributed by atoms with van der Waals surface area (Å²) in [6.07, 6.45) is 1.21. The lowest BCUT2D eigenvalue weighted by Crippen LogP contribution is -2.43. The van der Waals surface area contributed by atoms with Gasteiger partial charge in [0.25, 0.3) is 0 Å². The normalized spacial score (nSPS) is 22.5. The average molecular weight is 233 g/mol. The van der Waals surface area contributed by atoms with Crippen LogP contribution in [-0.4, -0.2) is 44.2 Å². The molecule has 0 spiro atoms. The number of nitrogens with zero attached hydrogens (tertiary/aromatic N) is 2. The number of rotatable bonds is 2. The molecule has 1 saturated heterocycles. The van der Waals surface area contributed by atoms with E-state index in [0.29, 0.717) is 6.04 Å². The lowest BCUT2D eigenvalue weighted by molar-refractivity contribution is 0.266. The third kappa shape index (κ3) is 2.99. The van der Waals surface area contributed by atoms with Gasteiger partial charge in [-0.3, -0.25) is 0 Å². The van der Waals surface area contributed by atoms with E-state index in [4.69, 9.17) is 5.73 Å². The molecule has 1 aliphatic heterocycles. The van der Waals surface area contributed by atoms with Gasteiger partial charge < -0.3 is 15.5 Å². The largest absolute Gasteiger partial charge is 0.370 e. The lowest BCUT2D eigenvalue weighted by Gasteiger charge is -2.29. The molecule has 0 saturated carbocycles. The third-order valence-corrected chi connectivity index (χ3v) is 3.63. The molecule has 3 heteroatoms. The van der Waals surface area contributed by atoms with Crippen LogP contribution < -0.4 is 10.6 Å². The predicted molar refractivity (Wildman–Crippen MR) is 73.5 cm³/mol. The summed E-state index contributed by atoms with van der Waals surface area (Å²) in [7, 11) is 2.18. The number of likely N-dealkylation sites (N-methyl/N-ethyl adjacent to an activating group) is 1. The molecule has 1 fully saturated rings. The van der Waals surface area contributed by atoms with Gasteiger partial charge in [-0.1, -0.05) is 12.1 Å². The quantitative estimate of drug-likeness (QED) is 0.839. The highest BCUT2D eigenvalue weighted by molar-refractivity contribution is 5.48. The van der Waals surface area contributed by atoms with Crippen molar-refractivity contribution >= 4 is 5.69 Å². The Morgan fingerprint density at radius 2 is 2.18 bits per heavy atom. The smallest absolute Gasteiger partial charge is 0.0390 e. The van der Waals surface area contributed by atoms with Crippen LogP contribution in [0.5, 0.6) is 0 Å². The number of nitrogens with two attached hydrogens (primary N) is 1. The third-order valence-electron chi connectivity index (χ3n) is 3.63. The van der Waals surface area contributed by atoms with Gasteiger partial charge in [0.2, 0.25) is 0 Å². The van der Waals surface area contributed by atoms with Crippen LogP contribution in [0.4, 0.5) is 5.69 Å². The molecule has 3 nitrogen and oxygen atoms in total. The molecule has 17 heavy (non-hydrogen) atoms. The average Bonchev–Trinajstić information content (AvgIpc) is 2.51. The van der Waals surface area contributed by atoms with Crippen LogP contribution in [0.15, 0.2) is 24.3 Å². The Balaban J connectivity index is 2.15. The highest BCUT2D eigenvalue weighted by Gasteiger charge is 2.21. The van der Waals surface area contributed by atoms with E-state index in [1.807, 2.05) is 0 Å². The molecular formula is C14H23N3. The van der Waals surface area contributed by atoms with E-state index >= 15 is 0 Å². The summed E-state index contributed by atoms with van der Waals surface area (Å²) >= 11 is 0. The van der Waals surface area contributed by atoms with Crippen molar-refractivity contribution in [3.05, 3.63) is 29.8 Å². The van der Waals surface area contributed by atoms with E-state index in [0.717, 1.165) is 26.2 Å². The molecule has 0 aliphatic carbocycles. The Labute approximate surface area is 104 Å². The van der Waals surface area contributed by atoms with Gasteiger partial charge in [-0.2, -0.15) is 0 Å². The first-order chi connectivity index (χ1) is 8.20. The molecule has 2 N–H and O–H groups in total. The first kappa shape index (κ1) is 12.4. The van der Waals surface area contributed by atoms with Crippen molar-refractivity contribution < 1.29 is 0 Å². The van der Waals surface area contributed by atoms with Gasteiger partial charge in [0.1, 0.15) is 0 Å². The van der Waals surface area contributed by atoms with E-state index in [9.17, 15) is 0 Å². The van der Waals surface area contributed by atoms with Crippen molar-refractivity contribution in [2.24, 2.45) is 5.73 Å². The maximum Gasteiger partial charge on any atom is 0.0390 e. The van der Waals surface area contributed by atoms with Crippen molar-refractivity contribution in [2.45, 2.75) is 19.4 Å². The first-order valence-corrected chi connectivity index (χ1v) is 6.42. The zero-order valence-corrected chi connectivity index (χ0v) is 10.9. The Morgan fingerprint density at radius 1 is 1.35 bits per heavy atom. The summed E-state index contributed by atoms with van der Waals surface area (Å²) in [6.45, 7) is 6.19. The molecule has 2 rings (SSSR count). The molecule has 0 radical (unpaired) electrons. The summed E-state index contributed by atoms with van der Waals surface area (Å²) in [6, 6.07) is 9.22. The molecule has 1 aliphatic rings. The molecule has 0 bridgehead atoms. The van der Waals surface area contributed by atoms with Gasteiger partial charge in [-0.25, -0.2) is 0 Å². The Kier molecular flexibility index (Phi) is 4.02. The summed E-state index contributed by atoms with van der Waals surface area (Å²) in [4.78, 5) is 4.85. The minimum atomic E-state index is 0.470. The number of anilines is 1. The predicted octanol–water partition coefficient (Wildman–Crippen LogP) is 1.46. The van der Waals surface area contributed by atoms with Gasteiger partial charge in [0.15, 0.2) is 0 Å². The fourth-order valence-electron chi connectivity index (χ4n) is 2.49. The molecular weight excluding hydrogens is 210 g/mol. The molecule has 1 heterocycles. The Bertz CT molecular complexity index is 364. The van der Waals surface area contributed by atoms with Gasteiger partial charge in [-0.05, 0) is 44.6 Å². The van der Waals surface area contributed by atoms with Crippen LogP contribution in [0.2, 0.25) is 0 Å². The molecule has 1 aromatic rings. The Morgan fingerprint density at radius 3 is 2.88 bits per heavy atom. The van der Waals surface area contributed by atoms with E-state index in [1.54, 1.807) is 0 Å². The standard InChI is InChI=1S/C14H23N3/c1-12-5-3-6-13(9-12)17-8-4-7-16(2)14(10-15)11-17/h3,5-6,9,14H,4,7-8,10-11,15H2,1-2H3. The summed E-state index contributed by atoms with van der Waals surface area (Å²) in [5, 5.41) is 0. The van der Waals surface area contributed by atoms with Crippen molar-refractivity contribution in [1.29, 1.82) is 0 Å². The van der Waals surface area contributed by atoms with Crippen LogP contribution in [0.25, 0.3) is 0 Å². The Hall–Kier alpha value is -1.06. The van der Waals surface area contributed by atoms with Crippen molar-refractivity contribution in [1.82, 2.24) is 4.90 Å². The van der Waals surface area contributed by atoms with Crippen LogP contribution in [0.3, 0.4) is 0 Å². The van der Waals surface area contributed by atoms with Gasteiger partial charge in [-0.15, -0.1) is 0 Å². The molecule has 1 atom stereocenters. The lowest BCUT2D eigenvalue weighted by atomic mass is 10.2. The van der Waals surface area contributed by atoms with Crippen molar-refractivity contribution in [3.8, 4) is 0 Å². The number of hydrogen-bond donors (Lipinski definition) is 1.